The van der Waals surface area contributed by atoms with Gasteiger partial charge >= 0.3 is 12.1 Å². The lowest BCUT2D eigenvalue weighted by Gasteiger charge is -2.13. The van der Waals surface area contributed by atoms with Crippen LogP contribution in [0.2, 0.25) is 0 Å². The number of rotatable bonds is 5. The summed E-state index contributed by atoms with van der Waals surface area (Å²) in [4.78, 5) is 51.9. The van der Waals surface area contributed by atoms with Gasteiger partial charge in [0.25, 0.3) is 5.91 Å². The second-order valence-electron chi connectivity index (χ2n) is 6.30. The zero-order chi connectivity index (χ0) is 21.4. The highest BCUT2D eigenvalue weighted by atomic mass is 16.4. The van der Waals surface area contributed by atoms with Crippen LogP contribution in [0.4, 0.5) is 5.69 Å². The van der Waals surface area contributed by atoms with E-state index < -0.39 is 17.7 Å². The monoisotopic (exact) mass is 383 g/mol. The Kier molecular flexibility index (Phi) is 7.98. The number of anilines is 1. The highest BCUT2D eigenvalue weighted by molar-refractivity contribution is 6.41. The molecule has 0 heterocycles. The molecule has 0 spiro atoms. The van der Waals surface area contributed by atoms with E-state index in [0.29, 0.717) is 22.4 Å². The Labute approximate surface area is 162 Å². The maximum absolute atomic E-state index is 12.3. The SMILES string of the molecule is Cc1cc(C(=O)O)cc(C)c1CC(=O)C(=O)Nc1c(C)cccc1C.O=C=O. The zero-order valence-electron chi connectivity index (χ0n) is 16.1. The number of Topliss-reactive ketones (excluding diaryl/α,β-unsaturated/α-hetero) is 1. The first-order valence-corrected chi connectivity index (χ1v) is 8.35. The Bertz CT molecular complexity index is 912. The van der Waals surface area contributed by atoms with Crippen LogP contribution in [0.3, 0.4) is 0 Å². The number of aryl methyl sites for hydroxylation is 4. The second kappa shape index (κ2) is 9.94. The molecule has 0 unspecified atom stereocenters. The molecule has 0 aliphatic heterocycles. The normalized spacial score (nSPS) is 9.57. The lowest BCUT2D eigenvalue weighted by Crippen LogP contribution is -2.26. The number of carboxylic acid groups (broad SMARTS) is 1. The van der Waals surface area contributed by atoms with Crippen LogP contribution < -0.4 is 5.32 Å². The van der Waals surface area contributed by atoms with Gasteiger partial charge in [0.15, 0.2) is 0 Å². The number of hydrogen-bond donors (Lipinski definition) is 2. The molecule has 28 heavy (non-hydrogen) atoms. The van der Waals surface area contributed by atoms with Crippen LogP contribution in [-0.2, 0) is 25.6 Å². The maximum atomic E-state index is 12.3. The van der Waals surface area contributed by atoms with Crippen LogP contribution in [0, 0.1) is 27.7 Å². The van der Waals surface area contributed by atoms with Gasteiger partial charge in [0.1, 0.15) is 0 Å². The van der Waals surface area contributed by atoms with Crippen molar-refractivity contribution in [1.82, 2.24) is 0 Å². The molecule has 0 aliphatic rings. The zero-order valence-corrected chi connectivity index (χ0v) is 16.1. The minimum Gasteiger partial charge on any atom is -0.478 e. The first-order chi connectivity index (χ1) is 13.1. The fraction of sp³-hybridized carbons (Fsp3) is 0.238. The third-order valence-electron chi connectivity index (χ3n) is 4.25. The first-order valence-electron chi connectivity index (χ1n) is 8.35. The molecule has 1 amide bonds. The van der Waals surface area contributed by atoms with E-state index in [4.69, 9.17) is 14.7 Å². The summed E-state index contributed by atoms with van der Waals surface area (Å²) in [5, 5.41) is 11.8. The third-order valence-corrected chi connectivity index (χ3v) is 4.25. The molecule has 0 saturated carbocycles. The van der Waals surface area contributed by atoms with Gasteiger partial charge in [-0.3, -0.25) is 9.59 Å². The van der Waals surface area contributed by atoms with Gasteiger partial charge in [-0.05, 0) is 67.6 Å². The minimum atomic E-state index is -1.02. The summed E-state index contributed by atoms with van der Waals surface area (Å²) < 4.78 is 0. The van der Waals surface area contributed by atoms with Crippen molar-refractivity contribution >= 4 is 29.5 Å². The van der Waals surface area contributed by atoms with E-state index in [1.54, 1.807) is 13.8 Å². The first kappa shape index (κ1) is 22.5. The number of nitrogens with one attached hydrogen (secondary N) is 1. The predicted octanol–water partition coefficient (Wildman–Crippen LogP) is 2.79. The average molecular weight is 383 g/mol. The molecule has 0 atom stereocenters. The van der Waals surface area contributed by atoms with E-state index in [9.17, 15) is 14.4 Å². The molecule has 2 aromatic rings. The molecular weight excluding hydrogens is 362 g/mol. The lowest BCUT2D eigenvalue weighted by molar-refractivity contribution is -0.191. The Hall–Kier alpha value is -3.57. The number of ketones is 1. The Morgan fingerprint density at radius 1 is 0.929 bits per heavy atom. The van der Waals surface area contributed by atoms with Crippen LogP contribution >= 0.6 is 0 Å². The van der Waals surface area contributed by atoms with E-state index in [1.165, 1.54) is 12.1 Å². The molecule has 0 bridgehead atoms. The van der Waals surface area contributed by atoms with Gasteiger partial charge < -0.3 is 10.4 Å². The molecule has 2 rings (SSSR count). The van der Waals surface area contributed by atoms with Gasteiger partial charge in [0.2, 0.25) is 5.78 Å². The fourth-order valence-corrected chi connectivity index (χ4v) is 2.83. The summed E-state index contributed by atoms with van der Waals surface area (Å²) in [6.07, 6.45) is 0.189. The molecule has 0 aliphatic carbocycles. The number of aromatic carboxylic acids is 1. The largest absolute Gasteiger partial charge is 0.478 e. The summed E-state index contributed by atoms with van der Waals surface area (Å²) in [6.45, 7) is 7.22. The highest BCUT2D eigenvalue weighted by Gasteiger charge is 2.19. The smallest absolute Gasteiger partial charge is 0.373 e. The van der Waals surface area contributed by atoms with Crippen LogP contribution in [0.1, 0.15) is 38.2 Å². The predicted molar refractivity (Wildman–Crippen MR) is 101 cm³/mol. The van der Waals surface area contributed by atoms with Crippen molar-refractivity contribution in [3.05, 3.63) is 63.7 Å². The topological polar surface area (TPSA) is 118 Å². The van der Waals surface area contributed by atoms with E-state index in [-0.39, 0.29) is 18.1 Å². The molecule has 0 fully saturated rings. The lowest BCUT2D eigenvalue weighted by atomic mass is 9.95. The number of carbonyl (C=O) groups excluding carboxylic acids is 4. The van der Waals surface area contributed by atoms with Crippen molar-refractivity contribution in [3.8, 4) is 0 Å². The number of amides is 1. The van der Waals surface area contributed by atoms with E-state index in [1.807, 2.05) is 32.0 Å². The quantitative estimate of drug-likeness (QED) is 0.767. The second-order valence-corrected chi connectivity index (χ2v) is 6.30. The summed E-state index contributed by atoms with van der Waals surface area (Å²) in [5.74, 6) is -2.24. The molecular formula is C21H21NO6. The van der Waals surface area contributed by atoms with Gasteiger partial charge in [-0.1, -0.05) is 18.2 Å². The molecule has 0 aromatic heterocycles. The van der Waals surface area contributed by atoms with Crippen LogP contribution in [0.25, 0.3) is 0 Å². The van der Waals surface area contributed by atoms with Gasteiger partial charge in [0, 0.05) is 12.1 Å². The molecule has 146 valence electrons. The average Bonchev–Trinajstić information content (AvgIpc) is 2.61. The minimum absolute atomic E-state index is 0.0612. The van der Waals surface area contributed by atoms with Crippen LogP contribution in [0.5, 0.6) is 0 Å². The number of carbonyl (C=O) groups is 3. The number of carboxylic acids is 1. The summed E-state index contributed by atoms with van der Waals surface area (Å²) in [5.41, 5.74) is 4.66. The summed E-state index contributed by atoms with van der Waals surface area (Å²) >= 11 is 0. The van der Waals surface area contributed by atoms with Crippen molar-refractivity contribution in [2.45, 2.75) is 34.1 Å². The Morgan fingerprint density at radius 3 is 1.82 bits per heavy atom. The van der Waals surface area contributed by atoms with Crippen molar-refractivity contribution in [3.63, 3.8) is 0 Å². The fourth-order valence-electron chi connectivity index (χ4n) is 2.83. The van der Waals surface area contributed by atoms with E-state index in [2.05, 4.69) is 5.32 Å². The number of para-hydroxylation sites is 1. The molecule has 2 aromatic carbocycles. The van der Waals surface area contributed by atoms with Crippen molar-refractivity contribution in [2.75, 3.05) is 5.32 Å². The van der Waals surface area contributed by atoms with Gasteiger partial charge in [0.05, 0.1) is 5.56 Å². The molecule has 0 radical (unpaired) electrons. The van der Waals surface area contributed by atoms with Crippen molar-refractivity contribution in [1.29, 1.82) is 0 Å². The molecule has 7 heteroatoms. The van der Waals surface area contributed by atoms with Crippen molar-refractivity contribution < 1.29 is 29.1 Å². The Morgan fingerprint density at radius 2 is 1.39 bits per heavy atom. The number of hydrogen-bond acceptors (Lipinski definition) is 5. The van der Waals surface area contributed by atoms with Crippen LogP contribution in [-0.4, -0.2) is 28.9 Å². The van der Waals surface area contributed by atoms with Crippen LogP contribution in [0.15, 0.2) is 30.3 Å². The summed E-state index contributed by atoms with van der Waals surface area (Å²) in [6, 6.07) is 8.65. The van der Waals surface area contributed by atoms with Gasteiger partial charge in [-0.25, -0.2) is 4.79 Å². The van der Waals surface area contributed by atoms with Gasteiger partial charge in [-0.2, -0.15) is 9.59 Å². The maximum Gasteiger partial charge on any atom is 0.373 e. The standard InChI is InChI=1S/C20H21NO4.CO2/c1-11-6-5-7-12(2)18(11)21-19(23)17(22)10-16-13(3)8-15(20(24)25)9-14(16)4;2-1-3/h5-9H,10H2,1-4H3,(H,21,23)(H,24,25);. The molecule has 0 saturated heterocycles. The number of benzene rings is 2. The highest BCUT2D eigenvalue weighted by Crippen LogP contribution is 2.21. The van der Waals surface area contributed by atoms with Crippen molar-refractivity contribution in [2.24, 2.45) is 0 Å². The van der Waals surface area contributed by atoms with Gasteiger partial charge in [-0.15, -0.1) is 0 Å². The summed E-state index contributed by atoms with van der Waals surface area (Å²) in [7, 11) is 0. The third kappa shape index (κ3) is 5.72. The molecule has 7 nitrogen and oxygen atoms in total. The Balaban J connectivity index is 0.00000122. The molecule has 2 N–H and O–H groups in total. The van der Waals surface area contributed by atoms with E-state index in [0.717, 1.165) is 11.1 Å². The van der Waals surface area contributed by atoms with E-state index >= 15 is 0 Å².